The molecule has 0 saturated carbocycles. The van der Waals surface area contributed by atoms with Crippen molar-refractivity contribution in [1.82, 2.24) is 19.6 Å². The lowest BCUT2D eigenvalue weighted by Gasteiger charge is -2.26. The molecule has 3 atom stereocenters. The number of halogens is 1. The van der Waals surface area contributed by atoms with Gasteiger partial charge in [0.05, 0.1) is 12.8 Å². The fraction of sp³-hybridized carbons (Fsp3) is 0.360. The summed E-state index contributed by atoms with van der Waals surface area (Å²) < 4.78 is 28.2. The van der Waals surface area contributed by atoms with E-state index in [2.05, 4.69) is 15.1 Å². The molecule has 12 nitrogen and oxygen atoms in total. The Morgan fingerprint density at radius 3 is 2.50 bits per heavy atom. The van der Waals surface area contributed by atoms with Gasteiger partial charge < -0.3 is 36.1 Å². The number of nitrogens with zero attached hydrogens (tertiary/aromatic N) is 3. The van der Waals surface area contributed by atoms with Crippen molar-refractivity contribution in [2.45, 2.75) is 46.2 Å². The van der Waals surface area contributed by atoms with E-state index in [0.29, 0.717) is 27.7 Å². The monoisotopic (exact) mass is 530 g/mol. The molecule has 0 unspecified atom stereocenters. The lowest BCUT2D eigenvalue weighted by molar-refractivity contribution is -0.145. The van der Waals surface area contributed by atoms with Gasteiger partial charge in [-0.3, -0.25) is 9.59 Å². The third kappa shape index (κ3) is 5.84. The number of hydrogen-bond acceptors (Lipinski definition) is 8. The number of aryl methyl sites for hydroxylation is 2. The van der Waals surface area contributed by atoms with E-state index in [1.54, 1.807) is 32.2 Å². The Hall–Kier alpha value is -4.23. The number of carbonyl (C=O) groups is 2. The molecular formula is C25H31FN6O6. The van der Waals surface area contributed by atoms with Crippen LogP contribution in [-0.4, -0.2) is 59.9 Å². The van der Waals surface area contributed by atoms with E-state index < -0.39 is 35.3 Å². The molecule has 0 radical (unpaired) electrons. The lowest BCUT2D eigenvalue weighted by Crippen LogP contribution is -2.52. The van der Waals surface area contributed by atoms with Crippen molar-refractivity contribution >= 4 is 28.4 Å². The molecule has 0 aliphatic heterocycles. The molecule has 0 amide bonds. The van der Waals surface area contributed by atoms with Crippen molar-refractivity contribution in [3.63, 3.8) is 0 Å². The molecule has 0 aliphatic rings. The zero-order chi connectivity index (χ0) is 28.4. The minimum absolute atomic E-state index is 0.0362. The molecule has 38 heavy (non-hydrogen) atoms. The molecular weight excluding hydrogens is 499 g/mol. The highest BCUT2D eigenvalue weighted by Crippen LogP contribution is 2.35. The molecule has 204 valence electrons. The van der Waals surface area contributed by atoms with Crippen molar-refractivity contribution in [2.75, 3.05) is 6.61 Å². The van der Waals surface area contributed by atoms with Crippen molar-refractivity contribution in [1.29, 1.82) is 0 Å². The normalized spacial score (nSPS) is 14.3. The van der Waals surface area contributed by atoms with Crippen LogP contribution < -0.4 is 20.9 Å². The van der Waals surface area contributed by atoms with Crippen LogP contribution in [0.2, 0.25) is 0 Å². The van der Waals surface area contributed by atoms with Crippen LogP contribution >= 0.6 is 0 Å². The Labute approximate surface area is 217 Å². The summed E-state index contributed by atoms with van der Waals surface area (Å²) in [7, 11) is 0. The summed E-state index contributed by atoms with van der Waals surface area (Å²) in [4.78, 5) is 28.2. The summed E-state index contributed by atoms with van der Waals surface area (Å²) in [6.07, 6.45) is 2.93. The standard InChI is InChI=1S/C22H24FN5O4.C3H7NO2/c1-11(22(4,24)21(29)30)9-31-17-8-28-19(13(17)3)20(25-10-26-28)32-16-6-5-15-14(18(16)23)7-12(2)27-15;1-2(4)3(5)6/h5-8,10-11,27H,9,24H2,1-4H3,(H,29,30);2H,4H2,1H3,(H,5,6)/t11-,22-;2-/m00/s1. The Morgan fingerprint density at radius 1 is 1.24 bits per heavy atom. The number of hydrogen-bond donors (Lipinski definition) is 5. The summed E-state index contributed by atoms with van der Waals surface area (Å²) in [6, 6.07) is 4.26. The Balaban J connectivity index is 0.000000599. The first-order valence-electron chi connectivity index (χ1n) is 11.7. The van der Waals surface area contributed by atoms with Gasteiger partial charge in [-0.05, 0) is 45.9 Å². The maximum atomic E-state index is 15.0. The Kier molecular flexibility index (Phi) is 8.22. The number of rotatable bonds is 8. The molecule has 0 spiro atoms. The first-order chi connectivity index (χ1) is 17.7. The highest BCUT2D eigenvalue weighted by Gasteiger charge is 2.35. The fourth-order valence-electron chi connectivity index (χ4n) is 3.40. The van der Waals surface area contributed by atoms with Crippen LogP contribution in [0.15, 0.2) is 30.7 Å². The predicted octanol–water partition coefficient (Wildman–Crippen LogP) is 2.99. The maximum Gasteiger partial charge on any atom is 0.323 e. The number of benzene rings is 1. The van der Waals surface area contributed by atoms with E-state index in [4.69, 9.17) is 26.0 Å². The summed E-state index contributed by atoms with van der Waals surface area (Å²) >= 11 is 0. The van der Waals surface area contributed by atoms with Gasteiger partial charge in [0.25, 0.3) is 0 Å². The van der Waals surface area contributed by atoms with Gasteiger partial charge in [0.15, 0.2) is 11.6 Å². The van der Waals surface area contributed by atoms with Gasteiger partial charge in [0.2, 0.25) is 5.88 Å². The van der Waals surface area contributed by atoms with E-state index in [-0.39, 0.29) is 18.2 Å². The Morgan fingerprint density at radius 2 is 1.89 bits per heavy atom. The highest BCUT2D eigenvalue weighted by molar-refractivity contribution is 5.83. The molecule has 4 aromatic rings. The number of ether oxygens (including phenoxy) is 2. The topological polar surface area (TPSA) is 191 Å². The number of carboxylic acid groups (broad SMARTS) is 2. The summed E-state index contributed by atoms with van der Waals surface area (Å²) in [5.74, 6) is -2.35. The molecule has 3 heterocycles. The van der Waals surface area contributed by atoms with Crippen LogP contribution in [0.5, 0.6) is 17.4 Å². The second-order valence-corrected chi connectivity index (χ2v) is 9.30. The van der Waals surface area contributed by atoms with E-state index in [0.717, 1.165) is 5.69 Å². The average molecular weight is 531 g/mol. The zero-order valence-electron chi connectivity index (χ0n) is 21.7. The third-order valence-corrected chi connectivity index (χ3v) is 6.15. The van der Waals surface area contributed by atoms with E-state index in [1.165, 1.54) is 30.8 Å². The lowest BCUT2D eigenvalue weighted by atomic mass is 9.89. The van der Waals surface area contributed by atoms with E-state index in [1.807, 2.05) is 6.92 Å². The Bertz CT molecular complexity index is 1480. The number of fused-ring (bicyclic) bond motifs is 2. The van der Waals surface area contributed by atoms with Crippen LogP contribution in [0.3, 0.4) is 0 Å². The molecule has 0 fully saturated rings. The van der Waals surface area contributed by atoms with Crippen LogP contribution in [0.25, 0.3) is 16.4 Å². The van der Waals surface area contributed by atoms with Gasteiger partial charge in [0, 0.05) is 28.1 Å². The molecule has 7 N–H and O–H groups in total. The first-order valence-corrected chi connectivity index (χ1v) is 11.7. The van der Waals surface area contributed by atoms with Crippen LogP contribution in [0.1, 0.15) is 32.0 Å². The number of nitrogens with one attached hydrogen (secondary N) is 1. The summed E-state index contributed by atoms with van der Waals surface area (Å²) in [5.41, 5.74) is 12.0. The summed E-state index contributed by atoms with van der Waals surface area (Å²) in [5, 5.41) is 21.8. The predicted molar refractivity (Wildman–Crippen MR) is 137 cm³/mol. The molecule has 3 aromatic heterocycles. The first kappa shape index (κ1) is 28.3. The second-order valence-electron chi connectivity index (χ2n) is 9.30. The molecule has 4 rings (SSSR count). The van der Waals surface area contributed by atoms with Gasteiger partial charge in [-0.25, -0.2) is 8.91 Å². The quantitative estimate of drug-likeness (QED) is 0.226. The van der Waals surface area contributed by atoms with Crippen molar-refractivity contribution in [3.05, 3.63) is 47.8 Å². The molecule has 0 saturated heterocycles. The van der Waals surface area contributed by atoms with Crippen molar-refractivity contribution in [3.8, 4) is 17.4 Å². The van der Waals surface area contributed by atoms with Gasteiger partial charge in [-0.15, -0.1) is 0 Å². The molecule has 0 aliphatic carbocycles. The minimum atomic E-state index is -1.44. The van der Waals surface area contributed by atoms with Crippen molar-refractivity contribution < 1.29 is 33.7 Å². The number of aliphatic carboxylic acids is 2. The second kappa shape index (κ2) is 11.0. The molecule has 1 aromatic carbocycles. The maximum absolute atomic E-state index is 15.0. The molecule has 13 heteroatoms. The average Bonchev–Trinajstić information content (AvgIpc) is 3.39. The van der Waals surface area contributed by atoms with Crippen molar-refractivity contribution in [2.24, 2.45) is 17.4 Å². The highest BCUT2D eigenvalue weighted by atomic mass is 19.1. The largest absolute Gasteiger partial charge is 0.491 e. The fourth-order valence-corrected chi connectivity index (χ4v) is 3.40. The van der Waals surface area contributed by atoms with Crippen LogP contribution in [0, 0.1) is 25.6 Å². The number of aromatic nitrogens is 4. The number of aromatic amines is 1. The van der Waals surface area contributed by atoms with Gasteiger partial charge in [0.1, 0.15) is 29.2 Å². The minimum Gasteiger partial charge on any atom is -0.491 e. The van der Waals surface area contributed by atoms with Crippen LogP contribution in [0.4, 0.5) is 4.39 Å². The summed E-state index contributed by atoms with van der Waals surface area (Å²) in [6.45, 7) is 8.29. The smallest absolute Gasteiger partial charge is 0.323 e. The number of nitrogens with two attached hydrogens (primary N) is 2. The number of carboxylic acids is 2. The zero-order valence-corrected chi connectivity index (χ0v) is 21.7. The van der Waals surface area contributed by atoms with E-state index >= 15 is 0 Å². The third-order valence-electron chi connectivity index (χ3n) is 6.15. The van der Waals surface area contributed by atoms with E-state index in [9.17, 15) is 19.1 Å². The van der Waals surface area contributed by atoms with Gasteiger partial charge >= 0.3 is 11.9 Å². The van der Waals surface area contributed by atoms with Crippen LogP contribution in [-0.2, 0) is 9.59 Å². The van der Waals surface area contributed by atoms with Gasteiger partial charge in [-0.1, -0.05) is 6.92 Å². The van der Waals surface area contributed by atoms with Gasteiger partial charge in [-0.2, -0.15) is 10.1 Å². The molecule has 0 bridgehead atoms. The number of H-pyrrole nitrogens is 1. The SMILES string of the molecule is C[C@H](N)C(=O)O.Cc1cc2c(F)c(Oc3ncnn4cc(OC[C@H](C)[C@](C)(N)C(=O)O)c(C)c34)ccc2[nH]1.